The van der Waals surface area contributed by atoms with Crippen molar-refractivity contribution in [2.45, 2.75) is 12.8 Å². The van der Waals surface area contributed by atoms with E-state index >= 15 is 0 Å². The third kappa shape index (κ3) is 1.48. The van der Waals surface area contributed by atoms with Crippen molar-refractivity contribution in [3.63, 3.8) is 0 Å². The van der Waals surface area contributed by atoms with Crippen LogP contribution in [0.25, 0.3) is 0 Å². The van der Waals surface area contributed by atoms with E-state index in [1.54, 1.807) is 0 Å². The molecule has 0 spiro atoms. The predicted molar refractivity (Wildman–Crippen MR) is 30.8 cm³/mol. The molecule has 0 aromatic rings. The first kappa shape index (κ1) is 4.50. The molecular formula is C5H8N2. The van der Waals surface area contributed by atoms with Crippen LogP contribution in [0.15, 0.2) is 10.2 Å². The first-order valence-electron chi connectivity index (χ1n) is 2.42. The van der Waals surface area contributed by atoms with Gasteiger partial charge in [-0.25, -0.2) is 0 Å². The van der Waals surface area contributed by atoms with Crippen LogP contribution in [0.5, 0.6) is 0 Å². The fourth-order valence-electron chi connectivity index (χ4n) is 0.387. The van der Waals surface area contributed by atoms with Gasteiger partial charge in [-0.15, -0.1) is 0 Å². The van der Waals surface area contributed by atoms with E-state index in [9.17, 15) is 0 Å². The van der Waals surface area contributed by atoms with Gasteiger partial charge in [0.05, 0.1) is 0 Å². The Kier molecular flexibility index (Phi) is 1.20. The summed E-state index contributed by atoms with van der Waals surface area (Å²) in [5, 5.41) is 6.96. The van der Waals surface area contributed by atoms with Crippen molar-refractivity contribution in [2.75, 3.05) is 0 Å². The Labute approximate surface area is 43.0 Å². The standard InChI is InChI=1S/C5H8N2/c1-6-7-4-5-2-3-5/h4-5H,1-3H2. The van der Waals surface area contributed by atoms with Crippen molar-refractivity contribution in [3.05, 3.63) is 0 Å². The Balaban J connectivity index is 2.17. The Morgan fingerprint density at radius 2 is 2.29 bits per heavy atom. The molecule has 38 valence electrons. The van der Waals surface area contributed by atoms with Crippen molar-refractivity contribution in [1.82, 2.24) is 0 Å². The molecule has 0 N–H and O–H groups in total. The van der Waals surface area contributed by atoms with E-state index in [1.165, 1.54) is 12.8 Å². The van der Waals surface area contributed by atoms with Crippen molar-refractivity contribution >= 4 is 12.9 Å². The molecule has 0 unspecified atom stereocenters. The van der Waals surface area contributed by atoms with Gasteiger partial charge in [0.2, 0.25) is 0 Å². The lowest BCUT2D eigenvalue weighted by atomic mass is 10.5. The lowest BCUT2D eigenvalue weighted by molar-refractivity contribution is 1.17. The van der Waals surface area contributed by atoms with Crippen LogP contribution in [-0.2, 0) is 0 Å². The summed E-state index contributed by atoms with van der Waals surface area (Å²) in [6.07, 6.45) is 4.44. The van der Waals surface area contributed by atoms with Crippen LogP contribution >= 0.6 is 0 Å². The molecule has 2 nitrogen and oxygen atoms in total. The average Bonchev–Trinajstić information content (AvgIpc) is 2.42. The molecule has 1 saturated carbocycles. The van der Waals surface area contributed by atoms with Gasteiger partial charge in [0.25, 0.3) is 0 Å². The number of hydrogen-bond acceptors (Lipinski definition) is 2. The molecule has 7 heavy (non-hydrogen) atoms. The minimum atomic E-state index is 0.727. The van der Waals surface area contributed by atoms with Gasteiger partial charge in [-0.2, -0.15) is 10.2 Å². The van der Waals surface area contributed by atoms with E-state index in [2.05, 4.69) is 16.9 Å². The molecule has 0 aromatic heterocycles. The second-order valence-electron chi connectivity index (χ2n) is 1.74. The summed E-state index contributed by atoms with van der Waals surface area (Å²) in [5.41, 5.74) is 0. The highest BCUT2D eigenvalue weighted by Crippen LogP contribution is 2.26. The molecule has 0 aromatic carbocycles. The predicted octanol–water partition coefficient (Wildman–Crippen LogP) is 1.08. The van der Waals surface area contributed by atoms with Gasteiger partial charge < -0.3 is 0 Å². The summed E-state index contributed by atoms with van der Waals surface area (Å²) in [6, 6.07) is 0. The zero-order valence-electron chi connectivity index (χ0n) is 4.17. The van der Waals surface area contributed by atoms with Gasteiger partial charge in [0.15, 0.2) is 0 Å². The van der Waals surface area contributed by atoms with Gasteiger partial charge in [0, 0.05) is 12.9 Å². The van der Waals surface area contributed by atoms with Crippen molar-refractivity contribution in [1.29, 1.82) is 0 Å². The molecule has 0 bridgehead atoms. The molecule has 0 heterocycles. The summed E-state index contributed by atoms with van der Waals surface area (Å²) in [4.78, 5) is 0. The van der Waals surface area contributed by atoms with Crippen LogP contribution in [0.4, 0.5) is 0 Å². The number of rotatable bonds is 2. The summed E-state index contributed by atoms with van der Waals surface area (Å²) in [7, 11) is 0. The highest BCUT2D eigenvalue weighted by Gasteiger charge is 2.17. The molecule has 0 aliphatic heterocycles. The quantitative estimate of drug-likeness (QED) is 0.363. The second kappa shape index (κ2) is 1.87. The molecule has 0 amide bonds. The lowest BCUT2D eigenvalue weighted by Gasteiger charge is -1.70. The fourth-order valence-corrected chi connectivity index (χ4v) is 0.387. The SMILES string of the molecule is C=NN=CC1CC1. The molecule has 1 fully saturated rings. The maximum absolute atomic E-state index is 3.62. The Morgan fingerprint density at radius 3 is 2.71 bits per heavy atom. The Morgan fingerprint density at radius 1 is 1.57 bits per heavy atom. The number of hydrogen-bond donors (Lipinski definition) is 0. The molecular weight excluding hydrogens is 88.1 g/mol. The minimum absolute atomic E-state index is 0.727. The van der Waals surface area contributed by atoms with Crippen LogP contribution in [0.1, 0.15) is 12.8 Å². The van der Waals surface area contributed by atoms with E-state index in [0.29, 0.717) is 0 Å². The van der Waals surface area contributed by atoms with Gasteiger partial charge in [-0.1, -0.05) is 0 Å². The zero-order valence-corrected chi connectivity index (χ0v) is 4.17. The number of nitrogens with zero attached hydrogens (tertiary/aromatic N) is 2. The van der Waals surface area contributed by atoms with Crippen LogP contribution in [0.3, 0.4) is 0 Å². The largest absolute Gasteiger partial charge is 0.167 e. The Hall–Kier alpha value is -0.660. The van der Waals surface area contributed by atoms with E-state index < -0.39 is 0 Å². The van der Waals surface area contributed by atoms with Crippen LogP contribution in [-0.4, -0.2) is 12.9 Å². The smallest absolute Gasteiger partial charge is 0.0300 e. The lowest BCUT2D eigenvalue weighted by Crippen LogP contribution is -1.69. The average molecular weight is 96.1 g/mol. The molecule has 1 aliphatic carbocycles. The summed E-state index contributed by atoms with van der Waals surface area (Å²) in [6.45, 7) is 3.21. The summed E-state index contributed by atoms with van der Waals surface area (Å²) < 4.78 is 0. The van der Waals surface area contributed by atoms with Crippen molar-refractivity contribution in [3.8, 4) is 0 Å². The maximum Gasteiger partial charge on any atom is 0.0300 e. The molecule has 2 heteroatoms. The third-order valence-corrected chi connectivity index (χ3v) is 0.981. The van der Waals surface area contributed by atoms with Crippen LogP contribution < -0.4 is 0 Å². The first-order chi connectivity index (χ1) is 3.43. The highest BCUT2D eigenvalue weighted by atomic mass is 15.2. The molecule has 0 radical (unpaired) electrons. The highest BCUT2D eigenvalue weighted by molar-refractivity contribution is 5.63. The van der Waals surface area contributed by atoms with Gasteiger partial charge in [-0.05, 0) is 18.8 Å². The van der Waals surface area contributed by atoms with Crippen molar-refractivity contribution in [2.24, 2.45) is 16.1 Å². The van der Waals surface area contributed by atoms with Gasteiger partial charge in [-0.3, -0.25) is 0 Å². The van der Waals surface area contributed by atoms with E-state index in [0.717, 1.165) is 5.92 Å². The van der Waals surface area contributed by atoms with E-state index in [4.69, 9.17) is 0 Å². The monoisotopic (exact) mass is 96.1 g/mol. The fraction of sp³-hybridized carbons (Fsp3) is 0.600. The molecule has 1 aliphatic rings. The first-order valence-corrected chi connectivity index (χ1v) is 2.42. The molecule has 0 saturated heterocycles. The zero-order chi connectivity index (χ0) is 5.11. The van der Waals surface area contributed by atoms with Crippen LogP contribution in [0, 0.1) is 5.92 Å². The molecule has 0 atom stereocenters. The molecule has 1 rings (SSSR count). The minimum Gasteiger partial charge on any atom is -0.167 e. The summed E-state index contributed by atoms with van der Waals surface area (Å²) >= 11 is 0. The third-order valence-electron chi connectivity index (χ3n) is 0.981. The van der Waals surface area contributed by atoms with Gasteiger partial charge in [0.1, 0.15) is 0 Å². The normalized spacial score (nSPS) is 20.6. The van der Waals surface area contributed by atoms with E-state index in [-0.39, 0.29) is 0 Å². The van der Waals surface area contributed by atoms with Crippen LogP contribution in [0.2, 0.25) is 0 Å². The van der Waals surface area contributed by atoms with E-state index in [1.807, 2.05) is 6.21 Å². The van der Waals surface area contributed by atoms with Gasteiger partial charge >= 0.3 is 0 Å². The van der Waals surface area contributed by atoms with Crippen molar-refractivity contribution < 1.29 is 0 Å². The maximum atomic E-state index is 3.62. The Bertz CT molecular complexity index is 92.3. The summed E-state index contributed by atoms with van der Waals surface area (Å²) in [5.74, 6) is 0.727. The second-order valence-corrected chi connectivity index (χ2v) is 1.74. The topological polar surface area (TPSA) is 24.7 Å².